The first-order valence-electron chi connectivity index (χ1n) is 5.42. The van der Waals surface area contributed by atoms with Crippen LogP contribution < -0.4 is 15.2 Å². The van der Waals surface area contributed by atoms with E-state index in [2.05, 4.69) is 20.9 Å². The van der Waals surface area contributed by atoms with E-state index in [1.54, 1.807) is 43.6 Å². The third-order valence-electron chi connectivity index (χ3n) is 2.38. The Bertz CT molecular complexity index is 617. The average Bonchev–Trinajstić information content (AvgIpc) is 2.41. The molecule has 6 heteroatoms. The normalized spacial score (nSPS) is 10.0. The van der Waals surface area contributed by atoms with Gasteiger partial charge in [0, 0.05) is 6.20 Å². The van der Waals surface area contributed by atoms with Crippen molar-refractivity contribution in [3.05, 3.63) is 46.7 Å². The van der Waals surface area contributed by atoms with Gasteiger partial charge < -0.3 is 15.2 Å². The number of nitrogen functional groups attached to an aromatic ring is 1. The number of nitrogens with one attached hydrogen (secondary N) is 1. The van der Waals surface area contributed by atoms with E-state index < -0.39 is 0 Å². The number of methoxy groups -OCH3 is 1. The molecular weight excluding hydrogens is 310 g/mol. The third-order valence-corrected chi connectivity index (χ3v) is 3.00. The summed E-state index contributed by atoms with van der Waals surface area (Å²) in [6, 6.07) is 8.77. The lowest BCUT2D eigenvalue weighted by Crippen LogP contribution is -2.14. The van der Waals surface area contributed by atoms with Gasteiger partial charge in [0.05, 0.1) is 11.6 Å². The van der Waals surface area contributed by atoms with Gasteiger partial charge in [-0.15, -0.1) is 0 Å². The Morgan fingerprint density at radius 3 is 2.74 bits per heavy atom. The highest BCUT2D eigenvalue weighted by atomic mass is 79.9. The summed E-state index contributed by atoms with van der Waals surface area (Å²) in [5, 5.41) is 7.46. The lowest BCUT2D eigenvalue weighted by Gasteiger charge is -2.11. The Labute approximate surface area is 119 Å². The van der Waals surface area contributed by atoms with Gasteiger partial charge >= 0.3 is 0 Å². The molecule has 1 aromatic heterocycles. The van der Waals surface area contributed by atoms with Crippen LogP contribution in [0.25, 0.3) is 0 Å². The van der Waals surface area contributed by atoms with Crippen molar-refractivity contribution < 1.29 is 9.47 Å². The monoisotopic (exact) mass is 321 g/mol. The Balaban J connectivity index is 2.34. The second-order valence-electron chi connectivity index (χ2n) is 3.66. The standard InChI is InChI=1S/C13H12BrN3O2/c1-18-8-4-5-10(9(14)7-8)19-11-3-2-6-17-12(11)13(15)16/h2-7H,1H3,(H3,15,16). The van der Waals surface area contributed by atoms with Gasteiger partial charge in [0.1, 0.15) is 23.0 Å². The first-order chi connectivity index (χ1) is 9.11. The van der Waals surface area contributed by atoms with Crippen LogP contribution in [-0.4, -0.2) is 17.9 Å². The van der Waals surface area contributed by atoms with Crippen LogP contribution in [0.1, 0.15) is 5.69 Å². The number of nitrogens with two attached hydrogens (primary N) is 1. The van der Waals surface area contributed by atoms with Gasteiger partial charge in [0.15, 0.2) is 5.75 Å². The van der Waals surface area contributed by atoms with Crippen LogP contribution in [0.4, 0.5) is 0 Å². The maximum absolute atomic E-state index is 7.46. The number of benzene rings is 1. The molecule has 0 amide bonds. The van der Waals surface area contributed by atoms with Crippen molar-refractivity contribution in [3.8, 4) is 17.2 Å². The molecule has 3 N–H and O–H groups in total. The van der Waals surface area contributed by atoms with Crippen LogP contribution >= 0.6 is 15.9 Å². The summed E-state index contributed by atoms with van der Waals surface area (Å²) in [7, 11) is 1.59. The van der Waals surface area contributed by atoms with Crippen molar-refractivity contribution in [1.82, 2.24) is 4.98 Å². The maximum atomic E-state index is 7.46. The van der Waals surface area contributed by atoms with Crippen molar-refractivity contribution >= 4 is 21.8 Å². The summed E-state index contributed by atoms with van der Waals surface area (Å²) in [6.45, 7) is 0. The fraction of sp³-hybridized carbons (Fsp3) is 0.0769. The fourth-order valence-corrected chi connectivity index (χ4v) is 1.92. The largest absolute Gasteiger partial charge is 0.497 e. The van der Waals surface area contributed by atoms with E-state index in [0.717, 1.165) is 10.2 Å². The highest BCUT2D eigenvalue weighted by Crippen LogP contribution is 2.33. The number of aromatic nitrogens is 1. The van der Waals surface area contributed by atoms with Crippen molar-refractivity contribution in [3.63, 3.8) is 0 Å². The van der Waals surface area contributed by atoms with Gasteiger partial charge in [-0.05, 0) is 46.3 Å². The molecule has 0 aliphatic heterocycles. The van der Waals surface area contributed by atoms with Gasteiger partial charge in [0.2, 0.25) is 0 Å². The van der Waals surface area contributed by atoms with E-state index in [1.807, 2.05) is 0 Å². The molecular formula is C13H12BrN3O2. The molecule has 1 heterocycles. The summed E-state index contributed by atoms with van der Waals surface area (Å²) < 4.78 is 11.6. The van der Waals surface area contributed by atoms with E-state index in [4.69, 9.17) is 20.6 Å². The molecule has 0 spiro atoms. The SMILES string of the molecule is COc1ccc(Oc2cccnc2C(=N)N)c(Br)c1. The minimum absolute atomic E-state index is 0.139. The van der Waals surface area contributed by atoms with E-state index in [0.29, 0.717) is 17.2 Å². The number of hydrogen-bond acceptors (Lipinski definition) is 4. The van der Waals surface area contributed by atoms with Crippen molar-refractivity contribution in [2.24, 2.45) is 5.73 Å². The van der Waals surface area contributed by atoms with Crippen molar-refractivity contribution in [2.45, 2.75) is 0 Å². The van der Waals surface area contributed by atoms with Crippen molar-refractivity contribution in [2.75, 3.05) is 7.11 Å². The molecule has 0 bridgehead atoms. The highest BCUT2D eigenvalue weighted by molar-refractivity contribution is 9.10. The summed E-state index contributed by atoms with van der Waals surface area (Å²) in [5.74, 6) is 1.61. The lowest BCUT2D eigenvalue weighted by molar-refractivity contribution is 0.412. The lowest BCUT2D eigenvalue weighted by atomic mass is 10.3. The van der Waals surface area contributed by atoms with Crippen molar-refractivity contribution in [1.29, 1.82) is 5.41 Å². The maximum Gasteiger partial charge on any atom is 0.156 e. The zero-order chi connectivity index (χ0) is 13.8. The third kappa shape index (κ3) is 3.03. The minimum Gasteiger partial charge on any atom is -0.497 e. The number of nitrogens with zero attached hydrogens (tertiary/aromatic N) is 1. The van der Waals surface area contributed by atoms with Crippen LogP contribution in [-0.2, 0) is 0 Å². The fourth-order valence-electron chi connectivity index (χ4n) is 1.48. The second-order valence-corrected chi connectivity index (χ2v) is 4.52. The van der Waals surface area contributed by atoms with Crippen LogP contribution in [0, 0.1) is 5.41 Å². The smallest absolute Gasteiger partial charge is 0.156 e. The topological polar surface area (TPSA) is 81.2 Å². The molecule has 0 saturated carbocycles. The molecule has 98 valence electrons. The molecule has 0 aliphatic rings. The Morgan fingerprint density at radius 2 is 2.11 bits per heavy atom. The van der Waals surface area contributed by atoms with Gasteiger partial charge in [0.25, 0.3) is 0 Å². The van der Waals surface area contributed by atoms with Gasteiger partial charge in [-0.2, -0.15) is 0 Å². The van der Waals surface area contributed by atoms with Crippen LogP contribution in [0.3, 0.4) is 0 Å². The van der Waals surface area contributed by atoms with Gasteiger partial charge in [-0.3, -0.25) is 5.41 Å². The Kier molecular flexibility index (Phi) is 4.01. The number of halogens is 1. The molecule has 19 heavy (non-hydrogen) atoms. The minimum atomic E-state index is -0.139. The Morgan fingerprint density at radius 1 is 1.32 bits per heavy atom. The van der Waals surface area contributed by atoms with E-state index >= 15 is 0 Å². The van der Waals surface area contributed by atoms with Crippen LogP contribution in [0.2, 0.25) is 0 Å². The van der Waals surface area contributed by atoms with Crippen LogP contribution in [0.15, 0.2) is 41.0 Å². The predicted octanol–water partition coefficient (Wildman–Crippen LogP) is 2.93. The molecule has 0 atom stereocenters. The molecule has 0 radical (unpaired) electrons. The van der Waals surface area contributed by atoms with Gasteiger partial charge in [-0.25, -0.2) is 4.98 Å². The van der Waals surface area contributed by atoms with E-state index in [1.165, 1.54) is 0 Å². The van der Waals surface area contributed by atoms with E-state index in [9.17, 15) is 0 Å². The number of rotatable bonds is 4. The summed E-state index contributed by atoms with van der Waals surface area (Å²) >= 11 is 3.40. The highest BCUT2D eigenvalue weighted by Gasteiger charge is 2.10. The average molecular weight is 322 g/mol. The predicted molar refractivity (Wildman–Crippen MR) is 76.0 cm³/mol. The summed E-state index contributed by atoms with van der Waals surface area (Å²) in [4.78, 5) is 4.02. The number of amidine groups is 1. The molecule has 1 aromatic carbocycles. The quantitative estimate of drug-likeness (QED) is 0.670. The number of pyridine rings is 1. The second kappa shape index (κ2) is 5.71. The molecule has 0 saturated heterocycles. The van der Waals surface area contributed by atoms with Gasteiger partial charge in [-0.1, -0.05) is 0 Å². The molecule has 0 fully saturated rings. The zero-order valence-corrected chi connectivity index (χ0v) is 11.8. The Hall–Kier alpha value is -2.08. The summed E-state index contributed by atoms with van der Waals surface area (Å²) in [5.41, 5.74) is 5.77. The van der Waals surface area contributed by atoms with E-state index in [-0.39, 0.29) is 5.84 Å². The van der Waals surface area contributed by atoms with Crippen LogP contribution in [0.5, 0.6) is 17.2 Å². The zero-order valence-electron chi connectivity index (χ0n) is 10.2. The first-order valence-corrected chi connectivity index (χ1v) is 6.22. The molecule has 5 nitrogen and oxygen atoms in total. The summed E-state index contributed by atoms with van der Waals surface area (Å²) in [6.07, 6.45) is 1.56. The molecule has 0 aliphatic carbocycles. The first kappa shape index (κ1) is 13.4. The molecule has 2 aromatic rings. The molecule has 2 rings (SSSR count). The number of hydrogen-bond donors (Lipinski definition) is 2. The molecule has 0 unspecified atom stereocenters. The number of ether oxygens (including phenoxy) is 2.